The fraction of sp³-hybridized carbons (Fsp3) is 0.625. The van der Waals surface area contributed by atoms with Crippen molar-refractivity contribution in [3.8, 4) is 0 Å². The van der Waals surface area contributed by atoms with Crippen LogP contribution in [0.1, 0.15) is 26.2 Å². The molecule has 0 amide bonds. The van der Waals surface area contributed by atoms with Gasteiger partial charge >= 0.3 is 0 Å². The van der Waals surface area contributed by atoms with Crippen LogP contribution >= 0.6 is 0 Å². The van der Waals surface area contributed by atoms with Crippen LogP contribution in [-0.4, -0.2) is 0 Å². The summed E-state index contributed by atoms with van der Waals surface area (Å²) in [7, 11) is 0. The summed E-state index contributed by atoms with van der Waals surface area (Å²) in [5.41, 5.74) is 0. The molecule has 0 atom stereocenters. The SMILES string of the molecule is CCCCC[n+]1ccco1. The maximum absolute atomic E-state index is 5.10. The first-order valence-corrected chi connectivity index (χ1v) is 3.87. The van der Waals surface area contributed by atoms with E-state index in [4.69, 9.17) is 4.52 Å². The molecule has 0 aliphatic rings. The molecule has 0 aliphatic heterocycles. The average molecular weight is 140 g/mol. The molecule has 2 nitrogen and oxygen atoms in total. The monoisotopic (exact) mass is 140 g/mol. The molecule has 2 heteroatoms. The third kappa shape index (κ3) is 2.21. The van der Waals surface area contributed by atoms with Gasteiger partial charge in [-0.25, -0.2) is 4.52 Å². The standard InChI is InChI=1S/C8H14NO/c1-2-3-4-6-9-7-5-8-10-9/h5,7-8H,2-4,6H2,1H3/q+1. The molecule has 0 aliphatic carbocycles. The minimum atomic E-state index is 1.01. The molecular formula is C8H14NO+. The summed E-state index contributed by atoms with van der Waals surface area (Å²) in [5.74, 6) is 0. The Kier molecular flexibility index (Phi) is 3.00. The number of hydrogen-bond acceptors (Lipinski definition) is 1. The predicted molar refractivity (Wildman–Crippen MR) is 38.4 cm³/mol. The van der Waals surface area contributed by atoms with E-state index in [1.54, 1.807) is 6.26 Å². The normalized spacial score (nSPS) is 10.1. The van der Waals surface area contributed by atoms with Gasteiger partial charge in [0.25, 0.3) is 0 Å². The van der Waals surface area contributed by atoms with Gasteiger partial charge in [0, 0.05) is 12.5 Å². The third-order valence-corrected chi connectivity index (χ3v) is 1.51. The first-order valence-electron chi connectivity index (χ1n) is 3.87. The van der Waals surface area contributed by atoms with E-state index in [0.717, 1.165) is 6.54 Å². The quantitative estimate of drug-likeness (QED) is 0.460. The first kappa shape index (κ1) is 7.32. The Morgan fingerprint density at radius 2 is 2.30 bits per heavy atom. The molecule has 0 bridgehead atoms. The van der Waals surface area contributed by atoms with Crippen molar-refractivity contribution in [3.63, 3.8) is 0 Å². The van der Waals surface area contributed by atoms with Crippen molar-refractivity contribution >= 4 is 0 Å². The van der Waals surface area contributed by atoms with Crippen molar-refractivity contribution in [1.82, 2.24) is 0 Å². The van der Waals surface area contributed by atoms with Gasteiger partial charge in [-0.1, -0.05) is 13.3 Å². The molecule has 0 unspecified atom stereocenters. The second-order valence-corrected chi connectivity index (χ2v) is 2.43. The Labute approximate surface area is 61.4 Å². The lowest BCUT2D eigenvalue weighted by Crippen LogP contribution is -2.29. The first-order chi connectivity index (χ1) is 4.93. The second kappa shape index (κ2) is 4.09. The smallest absolute Gasteiger partial charge is 0.219 e. The Hall–Kier alpha value is -0.790. The number of unbranched alkanes of at least 4 members (excludes halogenated alkanes) is 2. The number of aryl methyl sites for hydroxylation is 1. The van der Waals surface area contributed by atoms with Gasteiger partial charge in [0.15, 0.2) is 12.8 Å². The van der Waals surface area contributed by atoms with Crippen molar-refractivity contribution in [2.45, 2.75) is 32.7 Å². The van der Waals surface area contributed by atoms with Crippen LogP contribution in [0.25, 0.3) is 0 Å². The summed E-state index contributed by atoms with van der Waals surface area (Å²) < 4.78 is 6.95. The highest BCUT2D eigenvalue weighted by molar-refractivity contribution is 4.63. The van der Waals surface area contributed by atoms with Crippen molar-refractivity contribution < 1.29 is 9.26 Å². The van der Waals surface area contributed by atoms with E-state index in [2.05, 4.69) is 6.92 Å². The topological polar surface area (TPSA) is 17.0 Å². The van der Waals surface area contributed by atoms with Gasteiger partial charge in [-0.2, -0.15) is 0 Å². The van der Waals surface area contributed by atoms with Gasteiger partial charge in [0.1, 0.15) is 0 Å². The highest BCUT2D eigenvalue weighted by Crippen LogP contribution is 1.92. The number of hydrogen-bond donors (Lipinski definition) is 0. The molecule has 0 aromatic carbocycles. The fourth-order valence-electron chi connectivity index (χ4n) is 0.924. The lowest BCUT2D eigenvalue weighted by molar-refractivity contribution is -0.864. The van der Waals surface area contributed by atoms with Gasteiger partial charge in [-0.05, 0) is 11.2 Å². The maximum Gasteiger partial charge on any atom is 0.219 e. The lowest BCUT2D eigenvalue weighted by Gasteiger charge is -1.87. The highest BCUT2D eigenvalue weighted by Gasteiger charge is 1.99. The average Bonchev–Trinajstić information content (AvgIpc) is 2.41. The fourth-order valence-corrected chi connectivity index (χ4v) is 0.924. The molecule has 10 heavy (non-hydrogen) atoms. The summed E-state index contributed by atoms with van der Waals surface area (Å²) in [4.78, 5) is 0. The lowest BCUT2D eigenvalue weighted by atomic mass is 10.2. The molecule has 0 saturated heterocycles. The number of rotatable bonds is 4. The molecule has 0 fully saturated rings. The molecule has 0 saturated carbocycles. The van der Waals surface area contributed by atoms with Crippen molar-refractivity contribution in [3.05, 3.63) is 18.5 Å². The van der Waals surface area contributed by atoms with Crippen molar-refractivity contribution in [2.75, 3.05) is 0 Å². The largest absolute Gasteiger partial charge is 0.245 e. The zero-order chi connectivity index (χ0) is 7.23. The van der Waals surface area contributed by atoms with Crippen LogP contribution in [0.3, 0.4) is 0 Å². The van der Waals surface area contributed by atoms with Crippen LogP contribution in [0.2, 0.25) is 0 Å². The zero-order valence-electron chi connectivity index (χ0n) is 6.42. The van der Waals surface area contributed by atoms with Crippen molar-refractivity contribution in [1.29, 1.82) is 0 Å². The van der Waals surface area contributed by atoms with Crippen LogP contribution < -0.4 is 4.74 Å². The van der Waals surface area contributed by atoms with Gasteiger partial charge in [0.05, 0.1) is 0 Å². The Balaban J connectivity index is 2.15. The summed E-state index contributed by atoms with van der Waals surface area (Å²) in [6.07, 6.45) is 7.42. The van der Waals surface area contributed by atoms with Crippen LogP contribution in [0.5, 0.6) is 0 Å². The van der Waals surface area contributed by atoms with Gasteiger partial charge in [0.2, 0.25) is 6.20 Å². The van der Waals surface area contributed by atoms with E-state index in [9.17, 15) is 0 Å². The molecule has 1 aromatic heterocycles. The van der Waals surface area contributed by atoms with Crippen LogP contribution in [0.4, 0.5) is 0 Å². The van der Waals surface area contributed by atoms with Crippen LogP contribution in [0.15, 0.2) is 23.0 Å². The number of aromatic nitrogens is 1. The molecule has 1 rings (SSSR count). The molecule has 56 valence electrons. The van der Waals surface area contributed by atoms with Gasteiger partial charge in [-0.3, -0.25) is 0 Å². The van der Waals surface area contributed by atoms with E-state index >= 15 is 0 Å². The predicted octanol–water partition coefficient (Wildman–Crippen LogP) is 1.76. The van der Waals surface area contributed by atoms with Gasteiger partial charge < -0.3 is 0 Å². The minimum Gasteiger partial charge on any atom is -0.245 e. The summed E-state index contributed by atoms with van der Waals surface area (Å²) in [5, 5.41) is 0. The van der Waals surface area contributed by atoms with E-state index in [1.165, 1.54) is 19.3 Å². The third-order valence-electron chi connectivity index (χ3n) is 1.51. The highest BCUT2D eigenvalue weighted by atomic mass is 16.5. The molecular weight excluding hydrogens is 126 g/mol. The molecule has 0 radical (unpaired) electrons. The van der Waals surface area contributed by atoms with E-state index in [-0.39, 0.29) is 0 Å². The van der Waals surface area contributed by atoms with E-state index in [0.29, 0.717) is 0 Å². The summed E-state index contributed by atoms with van der Waals surface area (Å²) >= 11 is 0. The molecule has 0 N–H and O–H groups in total. The zero-order valence-corrected chi connectivity index (χ0v) is 6.42. The van der Waals surface area contributed by atoms with Crippen LogP contribution in [-0.2, 0) is 6.54 Å². The molecule has 0 spiro atoms. The summed E-state index contributed by atoms with van der Waals surface area (Å²) in [6.45, 7) is 3.22. The molecule has 1 aromatic rings. The van der Waals surface area contributed by atoms with Crippen LogP contribution in [0, 0.1) is 0 Å². The second-order valence-electron chi connectivity index (χ2n) is 2.43. The van der Waals surface area contributed by atoms with Crippen molar-refractivity contribution in [2.24, 2.45) is 0 Å². The Bertz CT molecular complexity index is 158. The van der Waals surface area contributed by atoms with Gasteiger partial charge in [-0.15, -0.1) is 0 Å². The minimum absolute atomic E-state index is 1.01. The van der Waals surface area contributed by atoms with E-state index in [1.807, 2.05) is 17.0 Å². The molecule has 1 heterocycles. The maximum atomic E-state index is 5.10. The number of nitrogens with zero attached hydrogens (tertiary/aromatic N) is 1. The Morgan fingerprint density at radius 1 is 1.40 bits per heavy atom. The summed E-state index contributed by atoms with van der Waals surface area (Å²) in [6, 6.07) is 1.91. The Morgan fingerprint density at radius 3 is 2.90 bits per heavy atom. The van der Waals surface area contributed by atoms with E-state index < -0.39 is 0 Å².